The second-order valence-corrected chi connectivity index (χ2v) is 17.8. The van der Waals surface area contributed by atoms with E-state index >= 15 is 0 Å². The summed E-state index contributed by atoms with van der Waals surface area (Å²) in [6.45, 7) is 11.1. The zero-order valence-electron chi connectivity index (χ0n) is 39.8. The number of aliphatic carboxylic acids is 1. The first-order valence-electron chi connectivity index (χ1n) is 22.8. The molecule has 1 amide bonds. The molecule has 6 aromatic carbocycles. The Morgan fingerprint density at radius 1 is 0.595 bits per heavy atom. The fraction of sp³-hybridized carbons (Fsp3) is 0.286. The van der Waals surface area contributed by atoms with Crippen LogP contribution in [-0.4, -0.2) is 36.5 Å². The quantitative estimate of drug-likeness (QED) is 0.0644. The third kappa shape index (κ3) is 17.4. The molecule has 0 bridgehead atoms. The van der Waals surface area contributed by atoms with Gasteiger partial charge in [0.2, 0.25) is 5.91 Å². The molecule has 0 fully saturated rings. The van der Waals surface area contributed by atoms with Crippen molar-refractivity contribution in [2.45, 2.75) is 93.9 Å². The maximum absolute atomic E-state index is 12.9. The Labute approximate surface area is 432 Å². The number of nitrogens with zero attached hydrogens (tertiary/aromatic N) is 4. The summed E-state index contributed by atoms with van der Waals surface area (Å²) >= 11 is 5.62. The zero-order chi connectivity index (χ0) is 52.0. The van der Waals surface area contributed by atoms with E-state index in [1.165, 1.54) is 24.3 Å². The van der Waals surface area contributed by atoms with Gasteiger partial charge < -0.3 is 19.9 Å². The fourth-order valence-electron chi connectivity index (χ4n) is 7.40. The average molecular weight is 1050 g/mol. The Morgan fingerprint density at radius 2 is 1.03 bits per heavy atom. The van der Waals surface area contributed by atoms with Crippen molar-refractivity contribution in [3.05, 3.63) is 179 Å². The minimum absolute atomic E-state index is 0. The van der Waals surface area contributed by atoms with E-state index in [4.69, 9.17) is 26.4 Å². The van der Waals surface area contributed by atoms with Crippen molar-refractivity contribution in [2.75, 3.05) is 0 Å². The number of fused-ring (bicyclic) bond motifs is 2. The summed E-state index contributed by atoms with van der Waals surface area (Å²) in [6, 6.07) is 36.1. The minimum Gasteiger partial charge on any atom is -0.481 e. The number of carbonyl (C=O) groups is 2. The first-order valence-corrected chi connectivity index (χ1v) is 23.2. The summed E-state index contributed by atoms with van der Waals surface area (Å²) in [5, 5.41) is 22.1. The number of rotatable bonds is 16. The number of carboxylic acids is 1. The number of carbonyl (C=O) groups excluding carboxylic acids is 1. The van der Waals surface area contributed by atoms with E-state index in [-0.39, 0.29) is 39.3 Å². The van der Waals surface area contributed by atoms with Gasteiger partial charge in [-0.15, -0.1) is 0 Å². The van der Waals surface area contributed by atoms with Crippen molar-refractivity contribution in [3.63, 3.8) is 0 Å². The summed E-state index contributed by atoms with van der Waals surface area (Å²) in [6.07, 6.45) is -5.72. The molecular weight excluding hydrogens is 986 g/mol. The summed E-state index contributed by atoms with van der Waals surface area (Å²) < 4.78 is 91.4. The van der Waals surface area contributed by atoms with Crippen LogP contribution in [-0.2, 0) is 61.0 Å². The van der Waals surface area contributed by atoms with Crippen LogP contribution in [0.3, 0.4) is 0 Å². The molecule has 0 radical (unpaired) electrons. The molecule has 0 unspecified atom stereocenters. The number of alkyl halides is 6. The maximum Gasteiger partial charge on any atom is 0.416 e. The van der Waals surface area contributed by atoms with Crippen LogP contribution < -0.4 is 19.6 Å². The lowest BCUT2D eigenvalue weighted by molar-refractivity contribution is -0.138. The van der Waals surface area contributed by atoms with Crippen molar-refractivity contribution in [2.24, 2.45) is 11.8 Å². The van der Waals surface area contributed by atoms with Gasteiger partial charge in [0, 0.05) is 48.1 Å². The number of amides is 1. The fourth-order valence-corrected chi connectivity index (χ4v) is 7.54. The van der Waals surface area contributed by atoms with Gasteiger partial charge in [-0.3, -0.25) is 19.0 Å². The number of para-hydroxylation sites is 2. The predicted molar refractivity (Wildman–Crippen MR) is 278 cm³/mol. The molecule has 18 heteroatoms. The van der Waals surface area contributed by atoms with E-state index in [2.05, 4.69) is 54.1 Å². The highest BCUT2D eigenvalue weighted by molar-refractivity contribution is 6.13. The van der Waals surface area contributed by atoms with Crippen molar-refractivity contribution in [1.29, 1.82) is 0 Å². The summed E-state index contributed by atoms with van der Waals surface area (Å²) in [5.74, 6) is 2.33. The van der Waals surface area contributed by atoms with E-state index < -0.39 is 35.9 Å². The van der Waals surface area contributed by atoms with Gasteiger partial charge in [0.15, 0.2) is 0 Å². The molecule has 8 aromatic rings. The Hall–Kier alpha value is -7.37. The number of aromatic nitrogens is 4. The molecule has 0 spiro atoms. The van der Waals surface area contributed by atoms with Crippen LogP contribution in [0.1, 0.15) is 75.9 Å². The second-order valence-electron chi connectivity index (χ2n) is 17.5. The molecule has 0 atom stereocenters. The lowest BCUT2D eigenvalue weighted by Crippen LogP contribution is -2.24. The Kier molecular flexibility index (Phi) is 21.7. The molecule has 2 aromatic heterocycles. The Bertz CT molecular complexity index is 3080. The van der Waals surface area contributed by atoms with Gasteiger partial charge in [-0.2, -0.15) is 36.5 Å². The summed E-state index contributed by atoms with van der Waals surface area (Å²) in [5.41, 5.74) is 2.77. The number of carboxylic acid groups (broad SMARTS) is 1. The van der Waals surface area contributed by atoms with Crippen LogP contribution in [0, 0.1) is 11.8 Å². The molecule has 3 N–H and O–H groups in total. The van der Waals surface area contributed by atoms with Gasteiger partial charge in [0.05, 0.1) is 47.4 Å². The standard InChI is InChI=1S/C27H26F3N3O2.C18H20ClN3O.C9H7F3O2.2CH4/c1-18(2)17-33-24-11-10-23(14-21(24)16-32-33)35-25-9-4-3-7-20(25)15-31-26(34)13-19-6-5-8-22(12-19)27(28,29)30;1-13(2)12-22-17-8-7-16(9-15(17)11-21-22)23-18-6-4-3-5-14(18)10-20-19;10-9(11,12)7-3-1-2-6(4-7)5-8(13)14;;/h3-12,14,16,18H,13,15,17H2,1-2H3,(H,31,34);3-9,11,13,20H,10,12H2,1-2H3;1-4H,5H2,(H,13,14);2*1H4. The van der Waals surface area contributed by atoms with Crippen LogP contribution in [0.15, 0.2) is 146 Å². The van der Waals surface area contributed by atoms with Gasteiger partial charge in [-0.05, 0) is 95.4 Å². The normalized spacial score (nSPS) is 11.2. The third-order valence-corrected chi connectivity index (χ3v) is 10.8. The molecule has 8 rings (SSSR count). The van der Waals surface area contributed by atoms with E-state index in [1.54, 1.807) is 6.07 Å². The van der Waals surface area contributed by atoms with Crippen LogP contribution in [0.25, 0.3) is 21.8 Å². The number of hydrogen-bond donors (Lipinski definition) is 3. The average Bonchev–Trinajstić information content (AvgIpc) is 3.91. The minimum atomic E-state index is -4.45. The third-order valence-electron chi connectivity index (χ3n) is 10.7. The van der Waals surface area contributed by atoms with E-state index in [0.29, 0.717) is 35.4 Å². The van der Waals surface area contributed by atoms with Crippen molar-refractivity contribution >= 4 is 45.5 Å². The van der Waals surface area contributed by atoms with Gasteiger partial charge in [-0.25, -0.2) is 4.84 Å². The maximum atomic E-state index is 12.9. The molecule has 0 aliphatic carbocycles. The smallest absolute Gasteiger partial charge is 0.416 e. The number of halogens is 7. The topological polar surface area (TPSA) is 133 Å². The Morgan fingerprint density at radius 3 is 1.45 bits per heavy atom. The first-order chi connectivity index (χ1) is 34.2. The van der Waals surface area contributed by atoms with E-state index in [1.807, 2.05) is 94.6 Å². The number of ether oxygens (including phenoxy) is 2. The SMILES string of the molecule is C.C.CC(C)Cn1ncc2cc(Oc3ccccc3CNC(=O)Cc3cccc(C(F)(F)F)c3)ccc21.CC(C)Cn1ncc2cc(Oc3ccccc3CNCl)ccc21.O=C(O)Cc1cccc(C(F)(F)F)c1. The molecule has 0 aliphatic rings. The number of benzene rings is 6. The van der Waals surface area contributed by atoms with Gasteiger partial charge >= 0.3 is 18.3 Å². The summed E-state index contributed by atoms with van der Waals surface area (Å²) in [4.78, 5) is 25.3. The van der Waals surface area contributed by atoms with Crippen LogP contribution in [0.5, 0.6) is 23.0 Å². The number of hydrogen-bond acceptors (Lipinski definition) is 7. The van der Waals surface area contributed by atoms with Crippen LogP contribution >= 0.6 is 11.8 Å². The van der Waals surface area contributed by atoms with E-state index in [9.17, 15) is 35.9 Å². The highest BCUT2D eigenvalue weighted by atomic mass is 35.5. The van der Waals surface area contributed by atoms with Crippen molar-refractivity contribution in [1.82, 2.24) is 29.7 Å². The predicted octanol–water partition coefficient (Wildman–Crippen LogP) is 14.7. The highest BCUT2D eigenvalue weighted by Crippen LogP contribution is 2.33. The largest absolute Gasteiger partial charge is 0.481 e. The monoisotopic (exact) mass is 1050 g/mol. The molecule has 2 heterocycles. The van der Waals surface area contributed by atoms with Crippen molar-refractivity contribution < 1.29 is 50.5 Å². The highest BCUT2D eigenvalue weighted by Gasteiger charge is 2.31. The zero-order valence-corrected chi connectivity index (χ0v) is 40.5. The molecule has 394 valence electrons. The number of nitrogens with one attached hydrogen (secondary N) is 2. The second kappa shape index (κ2) is 27.1. The molecule has 0 saturated carbocycles. The summed E-state index contributed by atoms with van der Waals surface area (Å²) in [7, 11) is 0. The van der Waals surface area contributed by atoms with Crippen molar-refractivity contribution in [3.8, 4) is 23.0 Å². The molecular formula is C56H61ClF6N6O5. The van der Waals surface area contributed by atoms with Crippen LogP contribution in [0.2, 0.25) is 0 Å². The van der Waals surface area contributed by atoms with Gasteiger partial charge in [0.1, 0.15) is 23.0 Å². The lowest BCUT2D eigenvalue weighted by atomic mass is 10.1. The molecule has 11 nitrogen and oxygen atoms in total. The van der Waals surface area contributed by atoms with Gasteiger partial charge in [-0.1, -0.05) is 115 Å². The first kappa shape index (κ1) is 59.2. The van der Waals surface area contributed by atoms with Gasteiger partial charge in [0.25, 0.3) is 0 Å². The van der Waals surface area contributed by atoms with E-state index in [0.717, 1.165) is 81.8 Å². The molecule has 74 heavy (non-hydrogen) atoms. The van der Waals surface area contributed by atoms with Crippen LogP contribution in [0.4, 0.5) is 26.3 Å². The molecule has 0 aliphatic heterocycles. The Balaban J connectivity index is 0.000000261. The lowest BCUT2D eigenvalue weighted by Gasteiger charge is -2.13. The molecule has 0 saturated heterocycles.